The van der Waals surface area contributed by atoms with E-state index in [2.05, 4.69) is 10.9 Å². The first kappa shape index (κ1) is 17.0. The van der Waals surface area contributed by atoms with E-state index in [1.807, 2.05) is 25.1 Å². The standard InChI is InChI=1S/C18H17N3O3/c1-2-13-3-7-15(8-4-13)18(23)21-20-17(22)12-24-16-9-5-14(11-19)6-10-16/h3-10H,2,12H2,1H3,(H,20,22)(H,21,23). The van der Waals surface area contributed by atoms with Crippen LogP contribution in [0.1, 0.15) is 28.4 Å². The lowest BCUT2D eigenvalue weighted by Crippen LogP contribution is -2.43. The predicted molar refractivity (Wildman–Crippen MR) is 88.1 cm³/mol. The molecular weight excluding hydrogens is 306 g/mol. The van der Waals surface area contributed by atoms with E-state index in [9.17, 15) is 9.59 Å². The lowest BCUT2D eigenvalue weighted by atomic mass is 10.1. The second-order valence-corrected chi connectivity index (χ2v) is 4.98. The number of ether oxygens (including phenoxy) is 1. The Morgan fingerprint density at radius 2 is 1.71 bits per heavy atom. The maximum Gasteiger partial charge on any atom is 0.276 e. The molecule has 2 N–H and O–H groups in total. The molecule has 2 rings (SSSR count). The van der Waals surface area contributed by atoms with Crippen LogP contribution in [0.5, 0.6) is 5.75 Å². The fourth-order valence-electron chi connectivity index (χ4n) is 1.90. The van der Waals surface area contributed by atoms with E-state index in [-0.39, 0.29) is 6.61 Å². The van der Waals surface area contributed by atoms with Gasteiger partial charge in [-0.05, 0) is 48.4 Å². The lowest BCUT2D eigenvalue weighted by Gasteiger charge is -2.09. The molecule has 0 aromatic heterocycles. The molecule has 24 heavy (non-hydrogen) atoms. The third-order valence-corrected chi connectivity index (χ3v) is 3.29. The molecule has 0 spiro atoms. The molecule has 0 radical (unpaired) electrons. The number of amides is 2. The molecule has 0 fully saturated rings. The highest BCUT2D eigenvalue weighted by molar-refractivity contribution is 5.95. The highest BCUT2D eigenvalue weighted by atomic mass is 16.5. The number of carbonyl (C=O) groups excluding carboxylic acids is 2. The molecule has 0 heterocycles. The number of nitrogens with one attached hydrogen (secondary N) is 2. The summed E-state index contributed by atoms with van der Waals surface area (Å²) >= 11 is 0. The van der Waals surface area contributed by atoms with E-state index in [4.69, 9.17) is 10.00 Å². The first-order chi connectivity index (χ1) is 11.6. The van der Waals surface area contributed by atoms with Crippen molar-refractivity contribution >= 4 is 11.8 Å². The average Bonchev–Trinajstić information content (AvgIpc) is 2.64. The number of carbonyl (C=O) groups is 2. The van der Waals surface area contributed by atoms with E-state index >= 15 is 0 Å². The predicted octanol–water partition coefficient (Wildman–Crippen LogP) is 1.96. The average molecular weight is 323 g/mol. The highest BCUT2D eigenvalue weighted by Gasteiger charge is 2.08. The van der Waals surface area contributed by atoms with Gasteiger partial charge in [0, 0.05) is 5.56 Å². The van der Waals surface area contributed by atoms with Crippen LogP contribution < -0.4 is 15.6 Å². The quantitative estimate of drug-likeness (QED) is 0.823. The molecule has 0 aliphatic rings. The molecular formula is C18H17N3O3. The Labute approximate surface area is 140 Å². The van der Waals surface area contributed by atoms with Gasteiger partial charge in [0.25, 0.3) is 11.8 Å². The van der Waals surface area contributed by atoms with Crippen LogP contribution in [0.25, 0.3) is 0 Å². The molecule has 2 aromatic rings. The van der Waals surface area contributed by atoms with Crippen molar-refractivity contribution in [1.29, 1.82) is 5.26 Å². The van der Waals surface area contributed by atoms with Gasteiger partial charge in [0.05, 0.1) is 11.6 Å². The fourth-order valence-corrected chi connectivity index (χ4v) is 1.90. The number of nitriles is 1. The van der Waals surface area contributed by atoms with E-state index < -0.39 is 11.8 Å². The van der Waals surface area contributed by atoms with E-state index in [1.165, 1.54) is 0 Å². The zero-order chi connectivity index (χ0) is 17.4. The number of aryl methyl sites for hydroxylation is 1. The molecule has 6 nitrogen and oxygen atoms in total. The van der Waals surface area contributed by atoms with Crippen molar-refractivity contribution in [2.45, 2.75) is 13.3 Å². The van der Waals surface area contributed by atoms with Gasteiger partial charge >= 0.3 is 0 Å². The zero-order valence-electron chi connectivity index (χ0n) is 13.2. The molecule has 0 saturated carbocycles. The second-order valence-electron chi connectivity index (χ2n) is 4.98. The number of hydrogen-bond acceptors (Lipinski definition) is 4. The van der Waals surface area contributed by atoms with Crippen molar-refractivity contribution in [2.24, 2.45) is 0 Å². The molecule has 122 valence electrons. The van der Waals surface area contributed by atoms with Crippen LogP contribution in [0.15, 0.2) is 48.5 Å². The molecule has 0 saturated heterocycles. The van der Waals surface area contributed by atoms with Crippen LogP contribution in [0.2, 0.25) is 0 Å². The lowest BCUT2D eigenvalue weighted by molar-refractivity contribution is -0.123. The Bertz CT molecular complexity index is 747. The SMILES string of the molecule is CCc1ccc(C(=O)NNC(=O)COc2ccc(C#N)cc2)cc1. The van der Waals surface area contributed by atoms with Gasteiger partial charge in [-0.25, -0.2) is 0 Å². The monoisotopic (exact) mass is 323 g/mol. The minimum atomic E-state index is -0.488. The first-order valence-electron chi connectivity index (χ1n) is 7.43. The topological polar surface area (TPSA) is 91.2 Å². The van der Waals surface area contributed by atoms with Crippen LogP contribution in [0, 0.1) is 11.3 Å². The first-order valence-corrected chi connectivity index (χ1v) is 7.43. The summed E-state index contributed by atoms with van der Waals surface area (Å²) in [5, 5.41) is 8.70. The summed E-state index contributed by atoms with van der Waals surface area (Å²) < 4.78 is 5.26. The fraction of sp³-hybridized carbons (Fsp3) is 0.167. The van der Waals surface area contributed by atoms with E-state index in [0.717, 1.165) is 12.0 Å². The minimum absolute atomic E-state index is 0.249. The number of rotatable bonds is 5. The van der Waals surface area contributed by atoms with Crippen molar-refractivity contribution in [3.63, 3.8) is 0 Å². The number of hydrogen-bond donors (Lipinski definition) is 2. The summed E-state index contributed by atoms with van der Waals surface area (Å²) in [6, 6.07) is 15.5. The van der Waals surface area contributed by atoms with Gasteiger partial charge in [0.15, 0.2) is 6.61 Å². The molecule has 6 heteroatoms. The Morgan fingerprint density at radius 3 is 2.29 bits per heavy atom. The maximum atomic E-state index is 11.9. The summed E-state index contributed by atoms with van der Waals surface area (Å²) in [5.41, 5.74) is 6.71. The van der Waals surface area contributed by atoms with Gasteiger partial charge in [-0.3, -0.25) is 20.4 Å². The summed E-state index contributed by atoms with van der Waals surface area (Å²) in [7, 11) is 0. The van der Waals surface area contributed by atoms with Crippen LogP contribution in [-0.4, -0.2) is 18.4 Å². The van der Waals surface area contributed by atoms with Crippen LogP contribution in [0.3, 0.4) is 0 Å². The van der Waals surface area contributed by atoms with Crippen LogP contribution >= 0.6 is 0 Å². The normalized spacial score (nSPS) is 9.67. The Morgan fingerprint density at radius 1 is 1.04 bits per heavy atom. The van der Waals surface area contributed by atoms with Gasteiger partial charge in [-0.15, -0.1) is 0 Å². The van der Waals surface area contributed by atoms with Gasteiger partial charge < -0.3 is 4.74 Å². The number of hydrazine groups is 1. The van der Waals surface area contributed by atoms with E-state index in [0.29, 0.717) is 16.9 Å². The molecule has 0 atom stereocenters. The number of nitrogens with zero attached hydrogens (tertiary/aromatic N) is 1. The van der Waals surface area contributed by atoms with Crippen molar-refractivity contribution in [3.05, 3.63) is 65.2 Å². The molecule has 0 aliphatic carbocycles. The second kappa shape index (κ2) is 8.34. The molecule has 0 unspecified atom stereocenters. The van der Waals surface area contributed by atoms with Crippen molar-refractivity contribution < 1.29 is 14.3 Å². The smallest absolute Gasteiger partial charge is 0.276 e. The van der Waals surface area contributed by atoms with Gasteiger partial charge in [-0.1, -0.05) is 19.1 Å². The summed E-state index contributed by atoms with van der Waals surface area (Å²) in [5.74, 6) is -0.423. The largest absolute Gasteiger partial charge is 0.484 e. The van der Waals surface area contributed by atoms with Crippen molar-refractivity contribution in [2.75, 3.05) is 6.61 Å². The highest BCUT2D eigenvalue weighted by Crippen LogP contribution is 2.11. The minimum Gasteiger partial charge on any atom is -0.484 e. The third-order valence-electron chi connectivity index (χ3n) is 3.29. The molecule has 0 aliphatic heterocycles. The van der Waals surface area contributed by atoms with Crippen LogP contribution in [-0.2, 0) is 11.2 Å². The molecule has 2 aromatic carbocycles. The van der Waals surface area contributed by atoms with E-state index in [1.54, 1.807) is 36.4 Å². The summed E-state index contributed by atoms with van der Waals surface area (Å²) in [6.45, 7) is 1.78. The zero-order valence-corrected chi connectivity index (χ0v) is 13.2. The maximum absolute atomic E-state index is 11.9. The molecule has 2 amide bonds. The third kappa shape index (κ3) is 4.85. The summed E-state index contributed by atoms with van der Waals surface area (Å²) in [6.07, 6.45) is 0.894. The van der Waals surface area contributed by atoms with Gasteiger partial charge in [0.1, 0.15) is 5.75 Å². The summed E-state index contributed by atoms with van der Waals surface area (Å²) in [4.78, 5) is 23.6. The van der Waals surface area contributed by atoms with Crippen LogP contribution in [0.4, 0.5) is 0 Å². The van der Waals surface area contributed by atoms with Crippen molar-refractivity contribution in [3.8, 4) is 11.8 Å². The van der Waals surface area contributed by atoms with Crippen molar-refractivity contribution in [1.82, 2.24) is 10.9 Å². The van der Waals surface area contributed by atoms with Gasteiger partial charge in [-0.2, -0.15) is 5.26 Å². The Hall–Kier alpha value is -3.33. The Balaban J connectivity index is 1.77. The number of benzene rings is 2. The van der Waals surface area contributed by atoms with Gasteiger partial charge in [0.2, 0.25) is 0 Å². The Kier molecular flexibility index (Phi) is 5.92. The molecule has 0 bridgehead atoms.